The van der Waals surface area contributed by atoms with Crippen LogP contribution < -0.4 is 14.8 Å². The maximum absolute atomic E-state index is 11.6. The second-order valence-corrected chi connectivity index (χ2v) is 3.71. The summed E-state index contributed by atoms with van der Waals surface area (Å²) in [5.41, 5.74) is 0.905. The minimum Gasteiger partial charge on any atom is -0.486 e. The Morgan fingerprint density at radius 3 is 2.71 bits per heavy atom. The average molecular weight is 231 g/mol. The molecule has 1 aromatic rings. The van der Waals surface area contributed by atoms with Gasteiger partial charge in [-0.25, -0.2) is 0 Å². The summed E-state index contributed by atoms with van der Waals surface area (Å²) >= 11 is 0. The van der Waals surface area contributed by atoms with Crippen molar-refractivity contribution < 1.29 is 19.1 Å². The Hall–Kier alpha value is -2.30. The van der Waals surface area contributed by atoms with Gasteiger partial charge in [0.1, 0.15) is 13.2 Å². The van der Waals surface area contributed by atoms with Crippen LogP contribution in [0.5, 0.6) is 11.5 Å². The molecule has 5 heteroatoms. The van der Waals surface area contributed by atoms with Crippen LogP contribution in [0, 0.1) is 0 Å². The van der Waals surface area contributed by atoms with Crippen molar-refractivity contribution in [1.82, 2.24) is 5.32 Å². The Morgan fingerprint density at radius 2 is 1.94 bits per heavy atom. The third kappa shape index (κ3) is 1.56. The van der Waals surface area contributed by atoms with E-state index in [4.69, 9.17) is 9.47 Å². The molecule has 3 rings (SSSR count). The smallest absolute Gasteiger partial charge is 0.259 e. The summed E-state index contributed by atoms with van der Waals surface area (Å²) in [5, 5.41) is 2.21. The molecule has 1 N–H and O–H groups in total. The Labute approximate surface area is 97.0 Å². The van der Waals surface area contributed by atoms with E-state index in [2.05, 4.69) is 5.32 Å². The highest BCUT2D eigenvalue weighted by atomic mass is 16.6. The molecule has 0 saturated carbocycles. The zero-order valence-corrected chi connectivity index (χ0v) is 8.86. The molecule has 2 aliphatic rings. The predicted molar refractivity (Wildman–Crippen MR) is 58.6 cm³/mol. The van der Waals surface area contributed by atoms with E-state index in [1.165, 1.54) is 6.08 Å². The Morgan fingerprint density at radius 1 is 1.12 bits per heavy atom. The van der Waals surface area contributed by atoms with Crippen LogP contribution >= 0.6 is 0 Å². The molecule has 0 unspecified atom stereocenters. The first-order valence-electron chi connectivity index (χ1n) is 5.22. The van der Waals surface area contributed by atoms with E-state index >= 15 is 0 Å². The van der Waals surface area contributed by atoms with Crippen LogP contribution in [0.25, 0.3) is 5.57 Å². The van der Waals surface area contributed by atoms with E-state index in [1.54, 1.807) is 18.2 Å². The molecule has 0 saturated heterocycles. The predicted octanol–water partition coefficient (Wildman–Crippen LogP) is 0.498. The lowest BCUT2D eigenvalue weighted by atomic mass is 10.0. The molecule has 0 atom stereocenters. The second-order valence-electron chi connectivity index (χ2n) is 3.71. The highest BCUT2D eigenvalue weighted by Crippen LogP contribution is 2.38. The normalized spacial score (nSPS) is 17.8. The number of amides is 2. The summed E-state index contributed by atoms with van der Waals surface area (Å²) in [4.78, 5) is 22.7. The van der Waals surface area contributed by atoms with E-state index in [0.29, 0.717) is 35.8 Å². The van der Waals surface area contributed by atoms with Gasteiger partial charge in [-0.15, -0.1) is 0 Å². The van der Waals surface area contributed by atoms with Gasteiger partial charge >= 0.3 is 0 Å². The van der Waals surface area contributed by atoms with Crippen molar-refractivity contribution in [3.63, 3.8) is 0 Å². The summed E-state index contributed by atoms with van der Waals surface area (Å²) in [7, 11) is 0. The van der Waals surface area contributed by atoms with Crippen molar-refractivity contribution in [3.05, 3.63) is 29.8 Å². The van der Waals surface area contributed by atoms with Crippen LogP contribution in [-0.2, 0) is 9.59 Å². The van der Waals surface area contributed by atoms with Crippen LogP contribution in [-0.4, -0.2) is 25.0 Å². The molecule has 0 radical (unpaired) electrons. The average Bonchev–Trinajstić information content (AvgIpc) is 2.68. The van der Waals surface area contributed by atoms with Crippen molar-refractivity contribution in [1.29, 1.82) is 0 Å². The van der Waals surface area contributed by atoms with Crippen LogP contribution in [0.2, 0.25) is 0 Å². The molecule has 17 heavy (non-hydrogen) atoms. The van der Waals surface area contributed by atoms with Gasteiger partial charge in [0.25, 0.3) is 11.8 Å². The highest BCUT2D eigenvalue weighted by molar-refractivity contribution is 6.34. The number of para-hydroxylation sites is 1. The zero-order valence-electron chi connectivity index (χ0n) is 8.86. The van der Waals surface area contributed by atoms with E-state index in [0.717, 1.165) is 0 Å². The number of carbonyl (C=O) groups is 2. The molecular weight excluding hydrogens is 222 g/mol. The molecule has 0 bridgehead atoms. The number of carbonyl (C=O) groups excluding carboxylic acids is 2. The van der Waals surface area contributed by atoms with Crippen LogP contribution in [0.3, 0.4) is 0 Å². The number of hydrogen-bond acceptors (Lipinski definition) is 4. The first kappa shape index (κ1) is 9.89. The Balaban J connectivity index is 2.12. The van der Waals surface area contributed by atoms with Crippen molar-refractivity contribution in [3.8, 4) is 11.5 Å². The molecular formula is C12H9NO4. The minimum absolute atomic E-state index is 0.317. The molecule has 0 spiro atoms. The van der Waals surface area contributed by atoms with Gasteiger partial charge in [-0.1, -0.05) is 12.1 Å². The van der Waals surface area contributed by atoms with Crippen molar-refractivity contribution in [2.24, 2.45) is 0 Å². The van der Waals surface area contributed by atoms with E-state index in [-0.39, 0.29) is 0 Å². The van der Waals surface area contributed by atoms with Crippen molar-refractivity contribution >= 4 is 17.4 Å². The van der Waals surface area contributed by atoms with Crippen LogP contribution in [0.15, 0.2) is 24.3 Å². The number of benzene rings is 1. The maximum atomic E-state index is 11.6. The number of imide groups is 1. The standard InChI is InChI=1S/C12H9NO4/c14-10-6-8(12(15)13-10)7-2-1-3-9-11(7)17-5-4-16-9/h1-3,6H,4-5H2,(H,13,14,15). The molecule has 2 amide bonds. The Bertz CT molecular complexity index is 547. The number of hydrogen-bond donors (Lipinski definition) is 1. The van der Waals surface area contributed by atoms with Crippen LogP contribution in [0.1, 0.15) is 5.56 Å². The molecule has 0 fully saturated rings. The third-order valence-corrected chi connectivity index (χ3v) is 2.61. The van der Waals surface area contributed by atoms with Crippen molar-refractivity contribution in [2.45, 2.75) is 0 Å². The fraction of sp³-hybridized carbons (Fsp3) is 0.167. The fourth-order valence-corrected chi connectivity index (χ4v) is 1.90. The number of nitrogens with one attached hydrogen (secondary N) is 1. The third-order valence-electron chi connectivity index (χ3n) is 2.61. The van der Waals surface area contributed by atoms with Gasteiger partial charge in [0, 0.05) is 11.6 Å². The highest BCUT2D eigenvalue weighted by Gasteiger charge is 2.27. The van der Waals surface area contributed by atoms with Crippen LogP contribution in [0.4, 0.5) is 0 Å². The molecule has 0 aromatic heterocycles. The first-order valence-corrected chi connectivity index (χ1v) is 5.22. The summed E-state index contributed by atoms with van der Waals surface area (Å²) in [5.74, 6) is 0.313. The number of fused-ring (bicyclic) bond motifs is 1. The monoisotopic (exact) mass is 231 g/mol. The molecule has 1 aromatic carbocycles. The van der Waals surface area contributed by atoms with Gasteiger partial charge in [-0.05, 0) is 6.07 Å². The van der Waals surface area contributed by atoms with Gasteiger partial charge in [-0.2, -0.15) is 0 Å². The Kier molecular flexibility index (Phi) is 2.11. The SMILES string of the molecule is O=C1C=C(c2cccc3c2OCCO3)C(=O)N1. The lowest BCUT2D eigenvalue weighted by Gasteiger charge is -2.20. The van der Waals surface area contributed by atoms with Gasteiger partial charge in [0.05, 0.1) is 5.57 Å². The lowest BCUT2D eigenvalue weighted by Crippen LogP contribution is -2.22. The largest absolute Gasteiger partial charge is 0.486 e. The summed E-state index contributed by atoms with van der Waals surface area (Å²) < 4.78 is 10.9. The van der Waals surface area contributed by atoms with Gasteiger partial charge in [0.2, 0.25) is 0 Å². The van der Waals surface area contributed by atoms with Crippen molar-refractivity contribution in [2.75, 3.05) is 13.2 Å². The second kappa shape index (κ2) is 3.62. The minimum atomic E-state index is -0.405. The van der Waals surface area contributed by atoms with E-state index in [1.807, 2.05) is 0 Å². The topological polar surface area (TPSA) is 64.6 Å². The summed E-state index contributed by atoms with van der Waals surface area (Å²) in [6, 6.07) is 5.27. The maximum Gasteiger partial charge on any atom is 0.259 e. The fourth-order valence-electron chi connectivity index (χ4n) is 1.90. The summed E-state index contributed by atoms with van der Waals surface area (Å²) in [6.07, 6.45) is 1.27. The van der Waals surface area contributed by atoms with Gasteiger partial charge in [0.15, 0.2) is 11.5 Å². The quantitative estimate of drug-likeness (QED) is 0.715. The summed E-state index contributed by atoms with van der Waals surface area (Å²) in [6.45, 7) is 0.924. The molecule has 2 heterocycles. The molecule has 5 nitrogen and oxygen atoms in total. The number of rotatable bonds is 1. The number of ether oxygens (including phenoxy) is 2. The lowest BCUT2D eigenvalue weighted by molar-refractivity contribution is -0.123. The van der Waals surface area contributed by atoms with Gasteiger partial charge in [-0.3, -0.25) is 14.9 Å². The zero-order chi connectivity index (χ0) is 11.8. The molecule has 0 aliphatic carbocycles. The van der Waals surface area contributed by atoms with E-state index < -0.39 is 11.8 Å². The first-order chi connectivity index (χ1) is 8.25. The molecule has 2 aliphatic heterocycles. The van der Waals surface area contributed by atoms with E-state index in [9.17, 15) is 9.59 Å². The van der Waals surface area contributed by atoms with Gasteiger partial charge < -0.3 is 9.47 Å². The molecule has 86 valence electrons.